The van der Waals surface area contributed by atoms with Gasteiger partial charge in [0.1, 0.15) is 9.49 Å². The van der Waals surface area contributed by atoms with Crippen LogP contribution in [0.4, 0.5) is 0 Å². The Morgan fingerprint density at radius 1 is 0.238 bits per heavy atom. The highest BCUT2D eigenvalue weighted by atomic mass is 33.7. The summed E-state index contributed by atoms with van der Waals surface area (Å²) in [5, 5.41) is 0. The second-order valence-corrected chi connectivity index (χ2v) is 16.0. The van der Waals surface area contributed by atoms with Crippen LogP contribution in [0.15, 0.2) is 182 Å². The molecular formula is C38H30S4. The highest BCUT2D eigenvalue weighted by Crippen LogP contribution is 2.63. The first-order valence-electron chi connectivity index (χ1n) is 13.9. The van der Waals surface area contributed by atoms with Crippen LogP contribution in [-0.4, -0.2) is 0 Å². The molecule has 206 valence electrons. The molecule has 4 heteroatoms. The van der Waals surface area contributed by atoms with Gasteiger partial charge in [-0.05, 0) is 53.0 Å². The first-order valence-corrected chi connectivity index (χ1v) is 18.7. The molecule has 0 aliphatic carbocycles. The highest BCUT2D eigenvalue weighted by molar-refractivity contribution is 9.26. The molecular weight excluding hydrogens is 585 g/mol. The van der Waals surface area contributed by atoms with Gasteiger partial charge < -0.3 is 0 Å². The van der Waals surface area contributed by atoms with E-state index in [-0.39, 0.29) is 9.49 Å². The summed E-state index contributed by atoms with van der Waals surface area (Å²) < 4.78 is -0.756. The summed E-state index contributed by atoms with van der Waals surface area (Å²) in [6.07, 6.45) is 0. The Balaban J connectivity index is 1.41. The summed E-state index contributed by atoms with van der Waals surface area (Å²) in [6, 6.07) is 65.4. The summed E-state index contributed by atoms with van der Waals surface area (Å²) in [6.45, 7) is 0. The molecule has 6 aromatic rings. The highest BCUT2D eigenvalue weighted by Gasteiger charge is 2.40. The lowest BCUT2D eigenvalue weighted by atomic mass is 9.84. The molecule has 0 heterocycles. The molecule has 0 spiro atoms. The Kier molecular flexibility index (Phi) is 9.47. The first kappa shape index (κ1) is 28.8. The van der Waals surface area contributed by atoms with Crippen molar-refractivity contribution in [2.45, 2.75) is 9.49 Å². The minimum Gasteiger partial charge on any atom is -0.0622 e. The Hall–Kier alpha value is -3.28. The lowest BCUT2D eigenvalue weighted by Crippen LogP contribution is -2.25. The van der Waals surface area contributed by atoms with E-state index in [1.165, 1.54) is 33.4 Å². The van der Waals surface area contributed by atoms with Crippen molar-refractivity contribution in [3.8, 4) is 0 Å². The number of benzene rings is 6. The molecule has 0 radical (unpaired) electrons. The lowest BCUT2D eigenvalue weighted by molar-refractivity contribution is 0.903. The van der Waals surface area contributed by atoms with Crippen LogP contribution in [0.1, 0.15) is 33.4 Å². The number of hydrogen-bond donors (Lipinski definition) is 0. The molecule has 0 aromatic heterocycles. The quantitative estimate of drug-likeness (QED) is 0.0808. The maximum atomic E-state index is 2.26. The molecule has 0 aliphatic heterocycles. The van der Waals surface area contributed by atoms with Gasteiger partial charge in [0.05, 0.1) is 0 Å². The van der Waals surface area contributed by atoms with Gasteiger partial charge in [0, 0.05) is 0 Å². The fourth-order valence-corrected chi connectivity index (χ4v) is 13.5. The van der Waals surface area contributed by atoms with E-state index in [1.807, 2.05) is 41.2 Å². The molecule has 42 heavy (non-hydrogen) atoms. The molecule has 0 aliphatic rings. The van der Waals surface area contributed by atoms with Gasteiger partial charge in [-0.15, -0.1) is 0 Å². The predicted octanol–water partition coefficient (Wildman–Crippen LogP) is 11.6. The summed E-state index contributed by atoms with van der Waals surface area (Å²) in [7, 11) is 7.53. The monoisotopic (exact) mass is 614 g/mol. The maximum absolute atomic E-state index is 2.26. The van der Waals surface area contributed by atoms with E-state index in [0.29, 0.717) is 0 Å². The summed E-state index contributed by atoms with van der Waals surface area (Å²) >= 11 is 0. The normalized spacial score (nSPS) is 11.7. The van der Waals surface area contributed by atoms with Crippen LogP contribution in [0.5, 0.6) is 0 Å². The molecule has 6 rings (SSSR count). The molecule has 0 bridgehead atoms. The second kappa shape index (κ2) is 13.8. The topological polar surface area (TPSA) is 0 Å². The van der Waals surface area contributed by atoms with E-state index >= 15 is 0 Å². The van der Waals surface area contributed by atoms with E-state index in [1.54, 1.807) is 0 Å². The molecule has 0 N–H and O–H groups in total. The van der Waals surface area contributed by atoms with Crippen molar-refractivity contribution in [2.24, 2.45) is 0 Å². The van der Waals surface area contributed by atoms with E-state index in [2.05, 4.69) is 182 Å². The number of rotatable bonds is 11. The predicted molar refractivity (Wildman–Crippen MR) is 189 cm³/mol. The zero-order valence-corrected chi connectivity index (χ0v) is 26.2. The molecule has 0 nitrogen and oxygen atoms in total. The Morgan fingerprint density at radius 3 is 0.571 bits per heavy atom. The van der Waals surface area contributed by atoms with Gasteiger partial charge >= 0.3 is 0 Å². The van der Waals surface area contributed by atoms with Gasteiger partial charge in [0.25, 0.3) is 0 Å². The third-order valence-corrected chi connectivity index (χ3v) is 14.8. The smallest absolute Gasteiger partial charge is 0.0622 e. The van der Waals surface area contributed by atoms with Gasteiger partial charge in [-0.2, -0.15) is 0 Å². The zero-order chi connectivity index (χ0) is 28.5. The molecule has 0 saturated heterocycles. The summed E-state index contributed by atoms with van der Waals surface area (Å²) in [4.78, 5) is 0. The average molecular weight is 615 g/mol. The van der Waals surface area contributed by atoms with Gasteiger partial charge in [0.2, 0.25) is 0 Å². The second-order valence-electron chi connectivity index (χ2n) is 9.86. The van der Waals surface area contributed by atoms with E-state index in [0.717, 1.165) is 0 Å². The molecule has 0 unspecified atom stereocenters. The molecule has 0 fully saturated rings. The van der Waals surface area contributed by atoms with Crippen molar-refractivity contribution < 1.29 is 0 Å². The largest absolute Gasteiger partial charge is 0.102 e. The van der Waals surface area contributed by atoms with Crippen LogP contribution in [0.2, 0.25) is 0 Å². The Bertz CT molecular complexity index is 1320. The Morgan fingerprint density at radius 2 is 0.405 bits per heavy atom. The summed E-state index contributed by atoms with van der Waals surface area (Å²) in [5.74, 6) is 0. The van der Waals surface area contributed by atoms with E-state index in [9.17, 15) is 0 Å². The molecule has 0 saturated carbocycles. The van der Waals surface area contributed by atoms with Crippen LogP contribution < -0.4 is 0 Å². The fraction of sp³-hybridized carbons (Fsp3) is 0.0526. The van der Waals surface area contributed by atoms with Crippen LogP contribution in [0, 0.1) is 0 Å². The van der Waals surface area contributed by atoms with E-state index in [4.69, 9.17) is 0 Å². The third-order valence-electron chi connectivity index (χ3n) is 7.43. The third kappa shape index (κ3) is 5.82. The minimum atomic E-state index is -0.378. The van der Waals surface area contributed by atoms with Crippen molar-refractivity contribution in [3.63, 3.8) is 0 Å². The fourth-order valence-electron chi connectivity index (χ4n) is 5.46. The van der Waals surface area contributed by atoms with Gasteiger partial charge in [-0.1, -0.05) is 204 Å². The van der Waals surface area contributed by atoms with Crippen molar-refractivity contribution in [2.75, 3.05) is 0 Å². The van der Waals surface area contributed by atoms with Crippen LogP contribution in [0.3, 0.4) is 0 Å². The minimum absolute atomic E-state index is 0.378. The SMILES string of the molecule is c1ccc(C(SSSSC(c2ccccc2)(c2ccccc2)c2ccccc2)(c2ccccc2)c2ccccc2)cc1. The lowest BCUT2D eigenvalue weighted by Gasteiger charge is -2.36. The molecule has 0 amide bonds. The average Bonchev–Trinajstić information content (AvgIpc) is 3.09. The number of hydrogen-bond acceptors (Lipinski definition) is 4. The molecule has 0 atom stereocenters. The van der Waals surface area contributed by atoms with Gasteiger partial charge in [-0.25, -0.2) is 0 Å². The van der Waals surface area contributed by atoms with Crippen molar-refractivity contribution in [1.29, 1.82) is 0 Å². The standard InChI is InChI=1S/C38H30S4/c1-7-19-31(20-8-1)37(32-21-9-2-10-22-32,33-23-11-3-12-24-33)39-41-42-40-38(34-25-13-4-14-26-34,35-27-15-5-16-28-35)36-29-17-6-18-30-36/h1-30H. The first-order chi connectivity index (χ1) is 20.8. The van der Waals surface area contributed by atoms with Gasteiger partial charge in [0.15, 0.2) is 0 Å². The summed E-state index contributed by atoms with van der Waals surface area (Å²) in [5.41, 5.74) is 7.62. The van der Waals surface area contributed by atoms with Crippen LogP contribution >= 0.6 is 41.2 Å². The van der Waals surface area contributed by atoms with Crippen LogP contribution in [0.25, 0.3) is 0 Å². The van der Waals surface area contributed by atoms with Crippen molar-refractivity contribution in [1.82, 2.24) is 0 Å². The van der Waals surface area contributed by atoms with E-state index < -0.39 is 0 Å². The zero-order valence-electron chi connectivity index (χ0n) is 23.0. The van der Waals surface area contributed by atoms with Crippen LogP contribution in [-0.2, 0) is 9.49 Å². The Labute approximate surface area is 264 Å². The van der Waals surface area contributed by atoms with Crippen molar-refractivity contribution >= 4 is 41.2 Å². The van der Waals surface area contributed by atoms with Gasteiger partial charge in [-0.3, -0.25) is 0 Å². The maximum Gasteiger partial charge on any atom is 0.102 e. The molecule has 6 aromatic carbocycles. The van der Waals surface area contributed by atoms with Crippen molar-refractivity contribution in [3.05, 3.63) is 215 Å².